The number of esters is 2. The average Bonchev–Trinajstić information content (AvgIpc) is 2.53. The zero-order chi connectivity index (χ0) is 19.2. The molecule has 0 heterocycles. The van der Waals surface area contributed by atoms with Crippen LogP contribution in [-0.4, -0.2) is 49.3 Å². The van der Waals surface area contributed by atoms with Crippen molar-refractivity contribution in [3.05, 3.63) is 0 Å². The Kier molecular flexibility index (Phi) is 13.4. The Morgan fingerprint density at radius 2 is 1.08 bits per heavy atom. The maximum Gasteiger partial charge on any atom is 0.307 e. The molecule has 0 bridgehead atoms. The van der Waals surface area contributed by atoms with Gasteiger partial charge in [-0.3, -0.25) is 9.59 Å². The monoisotopic (exact) mass is 358 g/mol. The van der Waals surface area contributed by atoms with Crippen LogP contribution >= 0.6 is 0 Å². The van der Waals surface area contributed by atoms with Crippen molar-refractivity contribution in [2.75, 3.05) is 13.2 Å². The largest absolute Gasteiger partial charge is 0.465 e. The molecule has 0 aliphatic rings. The van der Waals surface area contributed by atoms with Crippen LogP contribution in [0, 0.1) is 0 Å². The van der Waals surface area contributed by atoms with Crippen LogP contribution in [0.25, 0.3) is 0 Å². The summed E-state index contributed by atoms with van der Waals surface area (Å²) >= 11 is 0. The molecule has 0 rings (SSSR count). The van der Waals surface area contributed by atoms with Crippen molar-refractivity contribution in [3.8, 4) is 0 Å². The van der Waals surface area contributed by atoms with E-state index in [1.54, 1.807) is 0 Å². The second-order valence-corrected chi connectivity index (χ2v) is 6.96. The third-order valence-electron chi connectivity index (χ3n) is 4.12. The molecule has 2 N–H and O–H groups in total. The van der Waals surface area contributed by atoms with E-state index in [0.29, 0.717) is 31.3 Å². The van der Waals surface area contributed by atoms with Crippen LogP contribution in [0.2, 0.25) is 0 Å². The van der Waals surface area contributed by atoms with Gasteiger partial charge < -0.3 is 20.1 Å². The predicted molar refractivity (Wildman–Crippen MR) is 100 cm³/mol. The second kappa shape index (κ2) is 14.1. The molecule has 0 amide bonds. The summed E-state index contributed by atoms with van der Waals surface area (Å²) in [5.41, 5.74) is 0. The highest BCUT2D eigenvalue weighted by Crippen LogP contribution is 2.01. The van der Waals surface area contributed by atoms with Gasteiger partial charge in [0.05, 0.1) is 26.1 Å². The van der Waals surface area contributed by atoms with Crippen molar-refractivity contribution in [1.29, 1.82) is 0 Å². The molecule has 6 heteroatoms. The minimum absolute atomic E-state index is 0.0970. The minimum Gasteiger partial charge on any atom is -0.465 e. The fraction of sp³-hybridized carbons (Fsp3) is 0.895. The van der Waals surface area contributed by atoms with Crippen molar-refractivity contribution in [2.45, 2.75) is 97.8 Å². The molecule has 0 aromatic heterocycles. The number of ether oxygens (including phenoxy) is 2. The molecular weight excluding hydrogens is 320 g/mol. The first-order valence-electron chi connectivity index (χ1n) is 9.61. The molecule has 0 aromatic rings. The van der Waals surface area contributed by atoms with Gasteiger partial charge >= 0.3 is 11.9 Å². The van der Waals surface area contributed by atoms with Crippen molar-refractivity contribution in [1.82, 2.24) is 10.6 Å². The van der Waals surface area contributed by atoms with Crippen LogP contribution in [0.3, 0.4) is 0 Å². The Morgan fingerprint density at radius 1 is 0.720 bits per heavy atom. The normalized spacial score (nSPS) is 15.9. The molecular formula is C19H38N2O4. The summed E-state index contributed by atoms with van der Waals surface area (Å²) in [4.78, 5) is 23.4. The number of carbonyl (C=O) groups is 2. The number of nitrogens with one attached hydrogen (secondary N) is 2. The van der Waals surface area contributed by atoms with E-state index in [1.807, 2.05) is 13.8 Å². The molecule has 0 aromatic carbocycles. The van der Waals surface area contributed by atoms with Crippen LogP contribution in [0.1, 0.15) is 73.6 Å². The third-order valence-corrected chi connectivity index (χ3v) is 4.12. The molecule has 148 valence electrons. The molecule has 0 aliphatic heterocycles. The Hall–Kier alpha value is -1.14. The van der Waals surface area contributed by atoms with Gasteiger partial charge in [-0.15, -0.1) is 0 Å². The van der Waals surface area contributed by atoms with E-state index in [1.165, 1.54) is 0 Å². The van der Waals surface area contributed by atoms with E-state index in [-0.39, 0.29) is 37.2 Å². The van der Waals surface area contributed by atoms with Crippen LogP contribution in [0.5, 0.6) is 0 Å². The quantitative estimate of drug-likeness (QED) is 0.367. The summed E-state index contributed by atoms with van der Waals surface area (Å²) in [6.07, 6.45) is 3.27. The highest BCUT2D eigenvalue weighted by atomic mass is 16.5. The van der Waals surface area contributed by atoms with E-state index < -0.39 is 0 Å². The molecule has 0 spiro atoms. The van der Waals surface area contributed by atoms with E-state index in [4.69, 9.17) is 9.47 Å². The van der Waals surface area contributed by atoms with Gasteiger partial charge in [-0.05, 0) is 40.5 Å². The van der Waals surface area contributed by atoms with E-state index >= 15 is 0 Å². The van der Waals surface area contributed by atoms with Gasteiger partial charge in [0.1, 0.15) is 0 Å². The van der Waals surface area contributed by atoms with Gasteiger partial charge in [0.2, 0.25) is 0 Å². The van der Waals surface area contributed by atoms with Gasteiger partial charge in [0.25, 0.3) is 0 Å². The lowest BCUT2D eigenvalue weighted by atomic mass is 10.2. The maximum absolute atomic E-state index is 11.7. The number of carbonyl (C=O) groups excluding carboxylic acids is 2. The topological polar surface area (TPSA) is 76.7 Å². The van der Waals surface area contributed by atoms with Crippen molar-refractivity contribution >= 4 is 11.9 Å². The number of hydrogen-bond acceptors (Lipinski definition) is 6. The average molecular weight is 359 g/mol. The zero-order valence-corrected chi connectivity index (χ0v) is 16.9. The van der Waals surface area contributed by atoms with Crippen LogP contribution in [0.4, 0.5) is 0 Å². The first-order chi connectivity index (χ1) is 11.8. The van der Waals surface area contributed by atoms with Crippen molar-refractivity contribution in [2.24, 2.45) is 0 Å². The maximum atomic E-state index is 11.7. The van der Waals surface area contributed by atoms with E-state index in [9.17, 15) is 9.59 Å². The first-order valence-corrected chi connectivity index (χ1v) is 9.61. The summed E-state index contributed by atoms with van der Waals surface area (Å²) in [7, 11) is 0. The van der Waals surface area contributed by atoms with Crippen molar-refractivity contribution in [3.63, 3.8) is 0 Å². The SMILES string of the molecule is CCC(C)NC(C)CC(=O)OCCCOC(=O)CC(C)NC(C)CC. The zero-order valence-electron chi connectivity index (χ0n) is 16.9. The summed E-state index contributed by atoms with van der Waals surface area (Å²) in [6, 6.07) is 0.971. The molecule has 0 fully saturated rings. The first kappa shape index (κ1) is 23.9. The summed E-state index contributed by atoms with van der Waals surface area (Å²) < 4.78 is 10.4. The fourth-order valence-corrected chi connectivity index (χ4v) is 2.37. The Bertz CT molecular complexity index is 342. The van der Waals surface area contributed by atoms with E-state index in [2.05, 4.69) is 38.3 Å². The van der Waals surface area contributed by atoms with Crippen LogP contribution in [-0.2, 0) is 19.1 Å². The molecule has 0 saturated heterocycles. The lowest BCUT2D eigenvalue weighted by Gasteiger charge is -2.18. The van der Waals surface area contributed by atoms with E-state index in [0.717, 1.165) is 12.8 Å². The molecule has 0 saturated carbocycles. The van der Waals surface area contributed by atoms with Gasteiger partial charge in [-0.25, -0.2) is 0 Å². The Labute approximate surface area is 153 Å². The standard InChI is InChI=1S/C19H38N2O4/c1-7-14(3)20-16(5)12-18(22)24-10-9-11-25-19(23)13-17(6)21-15(4)8-2/h14-17,20-21H,7-13H2,1-6H3. The fourth-order valence-electron chi connectivity index (χ4n) is 2.37. The minimum atomic E-state index is -0.221. The molecule has 0 aliphatic carbocycles. The summed E-state index contributed by atoms with van der Waals surface area (Å²) in [5, 5.41) is 6.67. The van der Waals surface area contributed by atoms with Crippen LogP contribution in [0.15, 0.2) is 0 Å². The van der Waals surface area contributed by atoms with Gasteiger partial charge in [-0.2, -0.15) is 0 Å². The van der Waals surface area contributed by atoms with Gasteiger partial charge in [0.15, 0.2) is 0 Å². The smallest absolute Gasteiger partial charge is 0.307 e. The highest BCUT2D eigenvalue weighted by molar-refractivity contribution is 5.70. The molecule has 4 atom stereocenters. The molecule has 25 heavy (non-hydrogen) atoms. The van der Waals surface area contributed by atoms with Crippen LogP contribution < -0.4 is 10.6 Å². The van der Waals surface area contributed by atoms with Crippen molar-refractivity contribution < 1.29 is 19.1 Å². The lowest BCUT2D eigenvalue weighted by molar-refractivity contribution is -0.146. The summed E-state index contributed by atoms with van der Waals surface area (Å²) in [6.45, 7) is 12.9. The highest BCUT2D eigenvalue weighted by Gasteiger charge is 2.13. The molecule has 6 nitrogen and oxygen atoms in total. The Balaban J connectivity index is 3.71. The number of rotatable bonds is 14. The van der Waals surface area contributed by atoms with Gasteiger partial charge in [0, 0.05) is 30.6 Å². The second-order valence-electron chi connectivity index (χ2n) is 6.96. The third kappa shape index (κ3) is 13.8. The summed E-state index contributed by atoms with van der Waals surface area (Å²) in [5.74, 6) is -0.443. The molecule has 4 unspecified atom stereocenters. The molecule has 0 radical (unpaired) electrons. The Morgan fingerprint density at radius 3 is 1.40 bits per heavy atom. The van der Waals surface area contributed by atoms with Gasteiger partial charge in [-0.1, -0.05) is 13.8 Å². The predicted octanol–water partition coefficient (Wildman–Crippen LogP) is 2.80. The number of hydrogen-bond donors (Lipinski definition) is 2. The lowest BCUT2D eigenvalue weighted by Crippen LogP contribution is -2.36.